The summed E-state index contributed by atoms with van der Waals surface area (Å²) in [5, 5.41) is 9.35. The van der Waals surface area contributed by atoms with E-state index >= 15 is 0 Å². The number of thiazole rings is 1. The quantitative estimate of drug-likeness (QED) is 0.772. The van der Waals surface area contributed by atoms with E-state index in [1.54, 1.807) is 25.6 Å². The minimum absolute atomic E-state index is 0.0249. The van der Waals surface area contributed by atoms with Crippen LogP contribution in [0.4, 0.5) is 0 Å². The van der Waals surface area contributed by atoms with Gasteiger partial charge in [-0.05, 0) is 11.6 Å². The van der Waals surface area contributed by atoms with Crippen LogP contribution in [-0.4, -0.2) is 35.6 Å². The van der Waals surface area contributed by atoms with Crippen molar-refractivity contribution < 1.29 is 4.79 Å². The molecule has 0 unspecified atom stereocenters. The molecule has 1 N–H and O–H groups in total. The van der Waals surface area contributed by atoms with Gasteiger partial charge in [-0.25, -0.2) is 9.67 Å². The van der Waals surface area contributed by atoms with Gasteiger partial charge in [-0.15, -0.1) is 16.4 Å². The summed E-state index contributed by atoms with van der Waals surface area (Å²) in [4.78, 5) is 28.3. The summed E-state index contributed by atoms with van der Waals surface area (Å²) in [6, 6.07) is 0. The second-order valence-electron chi connectivity index (χ2n) is 4.25. The lowest BCUT2D eigenvalue weighted by molar-refractivity contribution is 0.0940. The highest BCUT2D eigenvalue weighted by Crippen LogP contribution is 2.20. The van der Waals surface area contributed by atoms with Crippen molar-refractivity contribution in [1.29, 1.82) is 0 Å². The second-order valence-corrected chi connectivity index (χ2v) is 5.44. The molecule has 0 radical (unpaired) electrons. The van der Waals surface area contributed by atoms with Crippen LogP contribution in [0.5, 0.6) is 0 Å². The van der Waals surface area contributed by atoms with Gasteiger partial charge in [0.2, 0.25) is 11.1 Å². The summed E-state index contributed by atoms with van der Waals surface area (Å²) in [5.41, 5.74) is 1.42. The molecular weight excluding hydrogens is 326 g/mol. The molecular formula is C12H10ClN7OS. The van der Waals surface area contributed by atoms with Crippen LogP contribution in [0.1, 0.15) is 16.3 Å². The Morgan fingerprint density at radius 1 is 1.41 bits per heavy atom. The van der Waals surface area contributed by atoms with E-state index in [1.807, 2.05) is 5.38 Å². The van der Waals surface area contributed by atoms with Gasteiger partial charge < -0.3 is 5.32 Å². The van der Waals surface area contributed by atoms with E-state index in [0.29, 0.717) is 5.69 Å². The van der Waals surface area contributed by atoms with Crippen LogP contribution >= 0.6 is 22.9 Å². The van der Waals surface area contributed by atoms with Gasteiger partial charge in [0.1, 0.15) is 10.7 Å². The smallest absolute Gasteiger partial charge is 0.291 e. The van der Waals surface area contributed by atoms with Gasteiger partial charge in [-0.2, -0.15) is 4.98 Å². The number of halogens is 1. The van der Waals surface area contributed by atoms with E-state index in [9.17, 15) is 4.79 Å². The number of aromatic nitrogens is 6. The SMILES string of the molecule is Cn1nc(C(=O)NCc2csc(-c3cnccn3)n2)nc1Cl. The average Bonchev–Trinajstić information content (AvgIpc) is 3.13. The highest BCUT2D eigenvalue weighted by Gasteiger charge is 2.14. The summed E-state index contributed by atoms with van der Waals surface area (Å²) in [7, 11) is 1.61. The van der Waals surface area contributed by atoms with Crippen molar-refractivity contribution in [3.63, 3.8) is 0 Å². The minimum atomic E-state index is -0.406. The molecule has 22 heavy (non-hydrogen) atoms. The van der Waals surface area contributed by atoms with Gasteiger partial charge in [-0.3, -0.25) is 14.8 Å². The van der Waals surface area contributed by atoms with Crippen molar-refractivity contribution in [2.45, 2.75) is 6.54 Å². The van der Waals surface area contributed by atoms with Crippen molar-refractivity contribution in [1.82, 2.24) is 35.0 Å². The fraction of sp³-hybridized carbons (Fsp3) is 0.167. The van der Waals surface area contributed by atoms with E-state index in [1.165, 1.54) is 16.0 Å². The molecule has 112 valence electrons. The number of carbonyl (C=O) groups is 1. The topological polar surface area (TPSA) is 98.5 Å². The molecule has 0 atom stereocenters. The molecule has 0 spiro atoms. The number of nitrogens with one attached hydrogen (secondary N) is 1. The zero-order chi connectivity index (χ0) is 15.5. The van der Waals surface area contributed by atoms with E-state index in [2.05, 4.69) is 30.4 Å². The first-order chi connectivity index (χ1) is 10.6. The lowest BCUT2D eigenvalue weighted by Gasteiger charge is -1.99. The maximum Gasteiger partial charge on any atom is 0.291 e. The molecule has 0 aliphatic carbocycles. The highest BCUT2D eigenvalue weighted by molar-refractivity contribution is 7.13. The third-order valence-electron chi connectivity index (χ3n) is 2.68. The average molecular weight is 336 g/mol. The van der Waals surface area contributed by atoms with E-state index < -0.39 is 5.91 Å². The Labute approximate surface area is 134 Å². The standard InChI is InChI=1S/C12H10ClN7OS/c1-20-12(13)18-9(19-20)10(21)16-4-7-6-22-11(17-7)8-5-14-2-3-15-8/h2-3,5-6H,4H2,1H3,(H,16,21). The Kier molecular flexibility index (Phi) is 4.07. The van der Waals surface area contributed by atoms with Crippen LogP contribution in [0.15, 0.2) is 24.0 Å². The molecule has 0 aliphatic heterocycles. The molecule has 0 aromatic carbocycles. The zero-order valence-electron chi connectivity index (χ0n) is 11.4. The molecule has 10 heteroatoms. The number of hydrogen-bond donors (Lipinski definition) is 1. The largest absolute Gasteiger partial charge is 0.344 e. The van der Waals surface area contributed by atoms with Crippen molar-refractivity contribution in [2.75, 3.05) is 0 Å². The molecule has 3 rings (SSSR count). The van der Waals surface area contributed by atoms with Crippen LogP contribution in [-0.2, 0) is 13.6 Å². The van der Waals surface area contributed by atoms with E-state index in [4.69, 9.17) is 11.6 Å². The molecule has 3 aromatic rings. The Morgan fingerprint density at radius 2 is 2.27 bits per heavy atom. The van der Waals surface area contributed by atoms with Crippen LogP contribution in [0.3, 0.4) is 0 Å². The molecule has 0 fully saturated rings. The predicted octanol–water partition coefficient (Wildman–Crippen LogP) is 1.31. The van der Waals surface area contributed by atoms with Gasteiger partial charge in [0.25, 0.3) is 5.91 Å². The maximum absolute atomic E-state index is 11.9. The first-order valence-corrected chi connectivity index (χ1v) is 7.45. The lowest BCUT2D eigenvalue weighted by Crippen LogP contribution is -2.24. The third-order valence-corrected chi connectivity index (χ3v) is 3.92. The first-order valence-electron chi connectivity index (χ1n) is 6.19. The Bertz CT molecular complexity index is 781. The summed E-state index contributed by atoms with van der Waals surface area (Å²) in [5.74, 6) is -0.381. The van der Waals surface area contributed by atoms with Gasteiger partial charge in [0, 0.05) is 24.8 Å². The first kappa shape index (κ1) is 14.5. The summed E-state index contributed by atoms with van der Waals surface area (Å²) >= 11 is 7.18. The predicted molar refractivity (Wildman–Crippen MR) is 80.3 cm³/mol. The Balaban J connectivity index is 1.65. The molecule has 3 aromatic heterocycles. The fourth-order valence-corrected chi connectivity index (χ4v) is 2.52. The lowest BCUT2D eigenvalue weighted by atomic mass is 10.4. The normalized spacial score (nSPS) is 10.6. The molecule has 8 nitrogen and oxygen atoms in total. The molecule has 3 heterocycles. The summed E-state index contributed by atoms with van der Waals surface area (Å²) < 4.78 is 1.32. The molecule has 0 saturated heterocycles. The zero-order valence-corrected chi connectivity index (χ0v) is 13.0. The van der Waals surface area contributed by atoms with Crippen molar-refractivity contribution >= 4 is 28.8 Å². The van der Waals surface area contributed by atoms with Crippen LogP contribution in [0.2, 0.25) is 5.28 Å². The monoisotopic (exact) mass is 335 g/mol. The second kappa shape index (κ2) is 6.16. The number of hydrogen-bond acceptors (Lipinski definition) is 7. The summed E-state index contributed by atoms with van der Waals surface area (Å²) in [6.07, 6.45) is 4.85. The van der Waals surface area contributed by atoms with Crippen LogP contribution in [0, 0.1) is 0 Å². The fourth-order valence-electron chi connectivity index (χ4n) is 1.63. The van der Waals surface area contributed by atoms with E-state index in [0.717, 1.165) is 10.7 Å². The van der Waals surface area contributed by atoms with Crippen LogP contribution < -0.4 is 5.32 Å². The highest BCUT2D eigenvalue weighted by atomic mass is 35.5. The third kappa shape index (κ3) is 3.10. The molecule has 0 aliphatic rings. The molecule has 0 bridgehead atoms. The number of aryl methyl sites for hydroxylation is 1. The van der Waals surface area contributed by atoms with Gasteiger partial charge in [0.05, 0.1) is 18.4 Å². The van der Waals surface area contributed by atoms with Crippen molar-refractivity contribution in [2.24, 2.45) is 7.05 Å². The number of nitrogens with zero attached hydrogens (tertiary/aromatic N) is 6. The van der Waals surface area contributed by atoms with Gasteiger partial charge >= 0.3 is 0 Å². The van der Waals surface area contributed by atoms with E-state index in [-0.39, 0.29) is 17.7 Å². The van der Waals surface area contributed by atoms with Gasteiger partial charge in [0.15, 0.2) is 0 Å². The number of amides is 1. The van der Waals surface area contributed by atoms with Crippen molar-refractivity contribution in [3.05, 3.63) is 40.8 Å². The molecule has 0 saturated carbocycles. The molecule has 1 amide bonds. The number of carbonyl (C=O) groups excluding carboxylic acids is 1. The van der Waals surface area contributed by atoms with Gasteiger partial charge in [-0.1, -0.05) is 0 Å². The van der Waals surface area contributed by atoms with Crippen LogP contribution in [0.25, 0.3) is 10.7 Å². The maximum atomic E-state index is 11.9. The summed E-state index contributed by atoms with van der Waals surface area (Å²) in [6.45, 7) is 0.269. The Morgan fingerprint density at radius 3 is 2.95 bits per heavy atom. The number of rotatable bonds is 4. The Hall–Kier alpha value is -2.39. The van der Waals surface area contributed by atoms with Crippen molar-refractivity contribution in [3.8, 4) is 10.7 Å². The minimum Gasteiger partial charge on any atom is -0.344 e.